The Hall–Kier alpha value is -2.18. The highest BCUT2D eigenvalue weighted by Gasteiger charge is 2.23. The number of sulfonamides is 1. The van der Waals surface area contributed by atoms with Gasteiger partial charge in [0.05, 0.1) is 4.90 Å². The first-order valence-electron chi connectivity index (χ1n) is 9.25. The molecule has 2 aromatic carbocycles. The van der Waals surface area contributed by atoms with Gasteiger partial charge in [0, 0.05) is 30.9 Å². The van der Waals surface area contributed by atoms with Gasteiger partial charge in [0.15, 0.2) is 0 Å². The van der Waals surface area contributed by atoms with Gasteiger partial charge in [-0.25, -0.2) is 8.42 Å². The third kappa shape index (κ3) is 4.39. The molecule has 0 fully saturated rings. The zero-order valence-corrected chi connectivity index (χ0v) is 17.5. The van der Waals surface area contributed by atoms with E-state index in [4.69, 9.17) is 0 Å². The molecule has 2 rings (SSSR count). The molecule has 1 amide bonds. The van der Waals surface area contributed by atoms with Crippen LogP contribution in [0, 0.1) is 13.8 Å². The van der Waals surface area contributed by atoms with Gasteiger partial charge in [0.2, 0.25) is 10.0 Å². The molecule has 0 saturated carbocycles. The smallest absolute Gasteiger partial charge is 0.258 e. The van der Waals surface area contributed by atoms with E-state index in [9.17, 15) is 13.2 Å². The highest BCUT2D eigenvalue weighted by Crippen LogP contribution is 2.24. The van der Waals surface area contributed by atoms with Crippen LogP contribution < -0.4 is 4.90 Å². The molecule has 0 radical (unpaired) electrons. The van der Waals surface area contributed by atoms with Crippen LogP contribution in [0.25, 0.3) is 0 Å². The molecule has 27 heavy (non-hydrogen) atoms. The van der Waals surface area contributed by atoms with Crippen LogP contribution in [-0.4, -0.2) is 38.3 Å². The quantitative estimate of drug-likeness (QED) is 0.720. The Morgan fingerprint density at radius 2 is 1.48 bits per heavy atom. The topological polar surface area (TPSA) is 57.7 Å². The molecule has 0 atom stereocenters. The van der Waals surface area contributed by atoms with E-state index in [0.717, 1.165) is 16.8 Å². The van der Waals surface area contributed by atoms with Gasteiger partial charge in [-0.1, -0.05) is 31.5 Å². The molecule has 0 aliphatic carbocycles. The van der Waals surface area contributed by atoms with Crippen molar-refractivity contribution < 1.29 is 13.2 Å². The number of rotatable bonds is 7. The van der Waals surface area contributed by atoms with E-state index in [-0.39, 0.29) is 10.8 Å². The lowest BCUT2D eigenvalue weighted by Crippen LogP contribution is -2.32. The number of amides is 1. The first kappa shape index (κ1) is 21.1. The van der Waals surface area contributed by atoms with Crippen molar-refractivity contribution in [3.8, 4) is 0 Å². The van der Waals surface area contributed by atoms with E-state index in [1.54, 1.807) is 17.0 Å². The highest BCUT2D eigenvalue weighted by atomic mass is 32.2. The molecule has 0 aliphatic rings. The van der Waals surface area contributed by atoms with Crippen LogP contribution in [0.15, 0.2) is 47.4 Å². The standard InChI is InChI=1S/C21H28N2O3S/c1-6-22(7-2)27(25,26)19-12-10-18(11-13-19)21(24)23(8-3)20-14-9-16(4)15-17(20)5/h9-15H,6-8H2,1-5H3. The molecular formula is C21H28N2O3S. The number of nitrogens with zero attached hydrogens (tertiary/aromatic N) is 2. The van der Waals surface area contributed by atoms with Crippen molar-refractivity contribution >= 4 is 21.6 Å². The Kier molecular flexibility index (Phi) is 6.78. The van der Waals surface area contributed by atoms with Crippen molar-refractivity contribution in [3.63, 3.8) is 0 Å². The van der Waals surface area contributed by atoms with Gasteiger partial charge in [0.1, 0.15) is 0 Å². The normalized spacial score (nSPS) is 11.6. The number of aryl methyl sites for hydroxylation is 2. The Balaban J connectivity index is 2.34. The monoisotopic (exact) mass is 388 g/mol. The van der Waals surface area contributed by atoms with Crippen LogP contribution in [0.4, 0.5) is 5.69 Å². The second-order valence-corrected chi connectivity index (χ2v) is 8.39. The molecule has 5 nitrogen and oxygen atoms in total. The molecule has 146 valence electrons. The third-order valence-electron chi connectivity index (χ3n) is 4.65. The summed E-state index contributed by atoms with van der Waals surface area (Å²) in [5, 5.41) is 0. The van der Waals surface area contributed by atoms with Gasteiger partial charge >= 0.3 is 0 Å². The Bertz CT molecular complexity index is 902. The van der Waals surface area contributed by atoms with E-state index in [2.05, 4.69) is 0 Å². The zero-order chi connectivity index (χ0) is 20.2. The summed E-state index contributed by atoms with van der Waals surface area (Å²) in [6.45, 7) is 10.9. The highest BCUT2D eigenvalue weighted by molar-refractivity contribution is 7.89. The maximum Gasteiger partial charge on any atom is 0.258 e. The molecule has 2 aromatic rings. The van der Waals surface area contributed by atoms with E-state index in [1.165, 1.54) is 16.4 Å². The summed E-state index contributed by atoms with van der Waals surface area (Å²) in [5.41, 5.74) is 3.51. The van der Waals surface area contributed by atoms with Crippen molar-refractivity contribution in [2.45, 2.75) is 39.5 Å². The molecule has 0 saturated heterocycles. The van der Waals surface area contributed by atoms with Crippen LogP contribution in [0.2, 0.25) is 0 Å². The minimum absolute atomic E-state index is 0.142. The minimum Gasteiger partial charge on any atom is -0.308 e. The average molecular weight is 389 g/mol. The number of anilines is 1. The summed E-state index contributed by atoms with van der Waals surface area (Å²) in [7, 11) is -3.52. The predicted octanol–water partition coefficient (Wildman–Crippen LogP) is 4.00. The molecule has 0 aliphatic heterocycles. The molecule has 6 heteroatoms. The van der Waals surface area contributed by atoms with Gasteiger partial charge in [-0.15, -0.1) is 0 Å². The van der Waals surface area contributed by atoms with Gasteiger partial charge in [-0.3, -0.25) is 4.79 Å². The molecule has 0 aromatic heterocycles. The molecule has 0 N–H and O–H groups in total. The zero-order valence-electron chi connectivity index (χ0n) is 16.7. The number of hydrogen-bond donors (Lipinski definition) is 0. The van der Waals surface area contributed by atoms with Crippen LogP contribution in [-0.2, 0) is 10.0 Å². The lowest BCUT2D eigenvalue weighted by molar-refractivity contribution is 0.0988. The summed E-state index contributed by atoms with van der Waals surface area (Å²) >= 11 is 0. The fraction of sp³-hybridized carbons (Fsp3) is 0.381. The molecule has 0 unspecified atom stereocenters. The lowest BCUT2D eigenvalue weighted by Gasteiger charge is -2.24. The largest absolute Gasteiger partial charge is 0.308 e. The lowest BCUT2D eigenvalue weighted by atomic mass is 10.1. The van der Waals surface area contributed by atoms with Crippen molar-refractivity contribution in [1.29, 1.82) is 0 Å². The maximum absolute atomic E-state index is 13.0. The van der Waals surface area contributed by atoms with E-state index >= 15 is 0 Å². The van der Waals surface area contributed by atoms with Crippen LogP contribution in [0.3, 0.4) is 0 Å². The Morgan fingerprint density at radius 3 is 1.96 bits per heavy atom. The van der Waals surface area contributed by atoms with Crippen LogP contribution in [0.5, 0.6) is 0 Å². The van der Waals surface area contributed by atoms with E-state index in [1.807, 2.05) is 52.8 Å². The summed E-state index contributed by atoms with van der Waals surface area (Å²) in [4.78, 5) is 14.9. The van der Waals surface area contributed by atoms with Crippen LogP contribution in [0.1, 0.15) is 42.3 Å². The molecule has 0 spiro atoms. The van der Waals surface area contributed by atoms with E-state index in [0.29, 0.717) is 25.2 Å². The Labute approximate surface area is 162 Å². The average Bonchev–Trinajstić information content (AvgIpc) is 2.64. The number of carbonyl (C=O) groups excluding carboxylic acids is 1. The second kappa shape index (κ2) is 8.67. The summed E-state index contributed by atoms with van der Waals surface area (Å²) in [6, 6.07) is 12.2. The maximum atomic E-state index is 13.0. The fourth-order valence-electron chi connectivity index (χ4n) is 3.17. The van der Waals surface area contributed by atoms with Gasteiger partial charge in [0.25, 0.3) is 5.91 Å². The van der Waals surface area contributed by atoms with Crippen molar-refractivity contribution in [1.82, 2.24) is 4.31 Å². The first-order valence-corrected chi connectivity index (χ1v) is 10.7. The van der Waals surface area contributed by atoms with Gasteiger partial charge in [-0.2, -0.15) is 4.31 Å². The third-order valence-corrected chi connectivity index (χ3v) is 6.71. The summed E-state index contributed by atoms with van der Waals surface area (Å²) in [6.07, 6.45) is 0. The molecule has 0 heterocycles. The van der Waals surface area contributed by atoms with E-state index < -0.39 is 10.0 Å². The van der Waals surface area contributed by atoms with Crippen molar-refractivity contribution in [2.24, 2.45) is 0 Å². The number of hydrogen-bond acceptors (Lipinski definition) is 3. The second-order valence-electron chi connectivity index (χ2n) is 6.45. The number of benzene rings is 2. The van der Waals surface area contributed by atoms with Crippen molar-refractivity contribution in [3.05, 3.63) is 59.2 Å². The summed E-state index contributed by atoms with van der Waals surface area (Å²) in [5.74, 6) is -0.142. The first-order chi connectivity index (χ1) is 12.8. The van der Waals surface area contributed by atoms with Crippen molar-refractivity contribution in [2.75, 3.05) is 24.5 Å². The SMILES string of the molecule is CCN(C(=O)c1ccc(S(=O)(=O)N(CC)CC)cc1)c1ccc(C)cc1C. The fourth-order valence-corrected chi connectivity index (χ4v) is 4.63. The summed E-state index contributed by atoms with van der Waals surface area (Å²) < 4.78 is 26.6. The Morgan fingerprint density at radius 1 is 0.889 bits per heavy atom. The molecular weight excluding hydrogens is 360 g/mol. The van der Waals surface area contributed by atoms with Crippen LogP contribution >= 0.6 is 0 Å². The van der Waals surface area contributed by atoms with Gasteiger partial charge < -0.3 is 4.90 Å². The predicted molar refractivity (Wildman–Crippen MR) is 110 cm³/mol. The van der Waals surface area contributed by atoms with Gasteiger partial charge in [-0.05, 0) is 56.7 Å². The number of carbonyl (C=O) groups is 1. The molecule has 0 bridgehead atoms. The minimum atomic E-state index is -3.52.